The zero-order chi connectivity index (χ0) is 12.7. The minimum absolute atomic E-state index is 0.100. The van der Waals surface area contributed by atoms with Crippen molar-refractivity contribution in [3.63, 3.8) is 0 Å². The van der Waals surface area contributed by atoms with Crippen molar-refractivity contribution in [2.75, 3.05) is 20.4 Å². The van der Waals surface area contributed by atoms with E-state index < -0.39 is 18.9 Å². The van der Waals surface area contributed by atoms with Gasteiger partial charge in [0.15, 0.2) is 0 Å². The van der Waals surface area contributed by atoms with Crippen LogP contribution in [0.25, 0.3) is 0 Å². The maximum atomic E-state index is 12.0. The highest BCUT2D eigenvalue weighted by Gasteiger charge is 2.15. The van der Waals surface area contributed by atoms with Gasteiger partial charge >= 0.3 is 0 Å². The van der Waals surface area contributed by atoms with Gasteiger partial charge in [-0.3, -0.25) is 0 Å². The fourth-order valence-electron chi connectivity index (χ4n) is 1.23. The van der Waals surface area contributed by atoms with E-state index in [0.717, 1.165) is 11.3 Å². The van der Waals surface area contributed by atoms with Gasteiger partial charge in [-0.2, -0.15) is 0 Å². The van der Waals surface area contributed by atoms with Gasteiger partial charge in [-0.15, -0.1) is 0 Å². The predicted octanol–water partition coefficient (Wildman–Crippen LogP) is 0.903. The van der Waals surface area contributed by atoms with Crippen LogP contribution in [0, 0.1) is 0 Å². The highest BCUT2D eigenvalue weighted by atomic mass is 19.1. The number of hydrogen-bond acceptors (Lipinski definition) is 4. The van der Waals surface area contributed by atoms with E-state index in [-0.39, 0.29) is 6.61 Å². The molecule has 0 fully saturated rings. The number of methoxy groups -OCH3 is 1. The highest BCUT2D eigenvalue weighted by Crippen LogP contribution is 2.12. The first-order valence-electron chi connectivity index (χ1n) is 5.30. The number of aliphatic hydroxyl groups is 2. The summed E-state index contributed by atoms with van der Waals surface area (Å²) in [6.45, 7) is -0.787. The summed E-state index contributed by atoms with van der Waals surface area (Å²) in [7, 11) is 1.58. The Hall–Kier alpha value is -1.17. The molecule has 0 unspecified atom stereocenters. The van der Waals surface area contributed by atoms with Crippen LogP contribution in [0.5, 0.6) is 5.75 Å². The van der Waals surface area contributed by atoms with Crippen molar-refractivity contribution in [3.05, 3.63) is 29.8 Å². The minimum Gasteiger partial charge on any atom is -0.497 e. The van der Waals surface area contributed by atoms with Crippen LogP contribution < -0.4 is 4.74 Å². The van der Waals surface area contributed by atoms with Crippen molar-refractivity contribution < 1.29 is 24.1 Å². The van der Waals surface area contributed by atoms with Gasteiger partial charge < -0.3 is 19.7 Å². The van der Waals surface area contributed by atoms with Crippen LogP contribution in [0.3, 0.4) is 0 Å². The molecule has 0 radical (unpaired) electrons. The third kappa shape index (κ3) is 4.68. The molecule has 2 atom stereocenters. The first-order chi connectivity index (χ1) is 8.17. The SMILES string of the molecule is COc1ccc(COC[C@@H](O)[C@H](O)CF)cc1. The molecule has 0 aliphatic heterocycles. The molecule has 4 nitrogen and oxygen atoms in total. The van der Waals surface area contributed by atoms with E-state index in [4.69, 9.17) is 14.6 Å². The summed E-state index contributed by atoms with van der Waals surface area (Å²) in [6, 6.07) is 7.25. The summed E-state index contributed by atoms with van der Waals surface area (Å²) in [5, 5.41) is 18.2. The second-order valence-corrected chi connectivity index (χ2v) is 3.65. The number of hydrogen-bond donors (Lipinski definition) is 2. The molecule has 1 aromatic rings. The maximum absolute atomic E-state index is 12.0. The second-order valence-electron chi connectivity index (χ2n) is 3.65. The van der Waals surface area contributed by atoms with E-state index in [0.29, 0.717) is 6.61 Å². The summed E-state index contributed by atoms with van der Waals surface area (Å²) in [4.78, 5) is 0. The van der Waals surface area contributed by atoms with Crippen molar-refractivity contribution in [2.45, 2.75) is 18.8 Å². The number of ether oxygens (including phenoxy) is 2. The summed E-state index contributed by atoms with van der Waals surface area (Å²) in [5.74, 6) is 0.752. The molecule has 0 aliphatic carbocycles. The van der Waals surface area contributed by atoms with Gasteiger partial charge in [-0.05, 0) is 17.7 Å². The van der Waals surface area contributed by atoms with E-state index >= 15 is 0 Å². The Kier molecular flexibility index (Phi) is 5.90. The maximum Gasteiger partial charge on any atom is 0.118 e. The van der Waals surface area contributed by atoms with Gasteiger partial charge in [-0.1, -0.05) is 12.1 Å². The molecule has 0 saturated carbocycles. The average molecular weight is 244 g/mol. The zero-order valence-electron chi connectivity index (χ0n) is 9.67. The lowest BCUT2D eigenvalue weighted by Gasteiger charge is -2.14. The van der Waals surface area contributed by atoms with E-state index in [2.05, 4.69) is 0 Å². The zero-order valence-corrected chi connectivity index (χ0v) is 9.67. The summed E-state index contributed by atoms with van der Waals surface area (Å²) in [5.41, 5.74) is 0.910. The Morgan fingerprint density at radius 2 is 1.82 bits per heavy atom. The molecule has 17 heavy (non-hydrogen) atoms. The highest BCUT2D eigenvalue weighted by molar-refractivity contribution is 5.26. The lowest BCUT2D eigenvalue weighted by Crippen LogP contribution is -2.32. The smallest absolute Gasteiger partial charge is 0.118 e. The molecule has 0 aliphatic rings. The van der Waals surface area contributed by atoms with Gasteiger partial charge in [-0.25, -0.2) is 4.39 Å². The lowest BCUT2D eigenvalue weighted by atomic mass is 10.2. The van der Waals surface area contributed by atoms with Gasteiger partial charge in [0.1, 0.15) is 24.6 Å². The first-order valence-corrected chi connectivity index (χ1v) is 5.30. The number of aliphatic hydroxyl groups excluding tert-OH is 2. The van der Waals surface area contributed by atoms with Crippen LogP contribution >= 0.6 is 0 Å². The molecule has 1 rings (SSSR count). The number of rotatable bonds is 7. The number of alkyl halides is 1. The quantitative estimate of drug-likeness (QED) is 0.748. The fraction of sp³-hybridized carbons (Fsp3) is 0.500. The molecule has 0 spiro atoms. The van der Waals surface area contributed by atoms with Crippen LogP contribution in [0.15, 0.2) is 24.3 Å². The van der Waals surface area contributed by atoms with Crippen LogP contribution in [-0.2, 0) is 11.3 Å². The van der Waals surface area contributed by atoms with E-state index in [1.165, 1.54) is 0 Å². The molecule has 0 amide bonds. The topological polar surface area (TPSA) is 58.9 Å². The molecule has 2 N–H and O–H groups in total. The Morgan fingerprint density at radius 3 is 2.35 bits per heavy atom. The van der Waals surface area contributed by atoms with Crippen LogP contribution in [0.1, 0.15) is 5.56 Å². The monoisotopic (exact) mass is 244 g/mol. The number of halogens is 1. The molecule has 5 heteroatoms. The summed E-state index contributed by atoms with van der Waals surface area (Å²) >= 11 is 0. The average Bonchev–Trinajstić information content (AvgIpc) is 2.38. The van der Waals surface area contributed by atoms with Crippen molar-refractivity contribution in [1.82, 2.24) is 0 Å². The molecule has 0 heterocycles. The van der Waals surface area contributed by atoms with E-state index in [1.807, 2.05) is 12.1 Å². The largest absolute Gasteiger partial charge is 0.497 e. The lowest BCUT2D eigenvalue weighted by molar-refractivity contribution is -0.0494. The van der Waals surface area contributed by atoms with Crippen LogP contribution in [0.4, 0.5) is 4.39 Å². The third-order valence-corrected chi connectivity index (χ3v) is 2.32. The van der Waals surface area contributed by atoms with Gasteiger partial charge in [0.25, 0.3) is 0 Å². The normalized spacial score (nSPS) is 14.4. The molecule has 0 aromatic heterocycles. The van der Waals surface area contributed by atoms with Crippen LogP contribution in [0.2, 0.25) is 0 Å². The van der Waals surface area contributed by atoms with Crippen molar-refractivity contribution in [3.8, 4) is 5.75 Å². The Labute approximate surface area is 99.6 Å². The fourth-order valence-corrected chi connectivity index (χ4v) is 1.23. The van der Waals surface area contributed by atoms with Crippen LogP contribution in [-0.4, -0.2) is 42.8 Å². The van der Waals surface area contributed by atoms with Gasteiger partial charge in [0.05, 0.1) is 20.3 Å². The molecule has 0 saturated heterocycles. The third-order valence-electron chi connectivity index (χ3n) is 2.32. The number of benzene rings is 1. The van der Waals surface area contributed by atoms with Crippen molar-refractivity contribution in [2.24, 2.45) is 0 Å². The molecule has 0 bridgehead atoms. The van der Waals surface area contributed by atoms with E-state index in [9.17, 15) is 9.50 Å². The molecular weight excluding hydrogens is 227 g/mol. The second kappa shape index (κ2) is 7.21. The molecule has 1 aromatic carbocycles. The Morgan fingerprint density at radius 1 is 1.18 bits per heavy atom. The van der Waals surface area contributed by atoms with Crippen molar-refractivity contribution in [1.29, 1.82) is 0 Å². The Bertz CT molecular complexity index is 315. The summed E-state index contributed by atoms with van der Waals surface area (Å²) in [6.07, 6.45) is -2.58. The minimum atomic E-state index is -1.38. The predicted molar refractivity (Wildman–Crippen MR) is 60.6 cm³/mol. The van der Waals surface area contributed by atoms with E-state index in [1.54, 1.807) is 19.2 Å². The molecule has 96 valence electrons. The van der Waals surface area contributed by atoms with Crippen molar-refractivity contribution >= 4 is 0 Å². The van der Waals surface area contributed by atoms with Gasteiger partial charge in [0, 0.05) is 0 Å². The Balaban J connectivity index is 2.30. The summed E-state index contributed by atoms with van der Waals surface area (Å²) < 4.78 is 22.2. The first kappa shape index (κ1) is 13.9. The molecular formula is C12H17FO4. The van der Waals surface area contributed by atoms with Gasteiger partial charge in [0.2, 0.25) is 0 Å². The standard InChI is InChI=1S/C12H17FO4/c1-16-10-4-2-9(3-5-10)7-17-8-12(15)11(14)6-13/h2-5,11-12,14-15H,6-8H2,1H3/t11-,12-/m1/s1.